The molecule has 102 valence electrons. The maximum Gasteiger partial charge on any atom is 0.209 e. The minimum Gasteiger partial charge on any atom is -0.439 e. The number of aliphatic hydroxyl groups is 1. The van der Waals surface area contributed by atoms with E-state index in [0.717, 1.165) is 11.3 Å². The topological polar surface area (TPSA) is 49.5 Å². The lowest BCUT2D eigenvalue weighted by Crippen LogP contribution is -2.31. The molecule has 0 saturated carbocycles. The van der Waals surface area contributed by atoms with Crippen molar-refractivity contribution in [1.82, 2.24) is 9.88 Å². The summed E-state index contributed by atoms with van der Waals surface area (Å²) in [6.07, 6.45) is 1.70. The summed E-state index contributed by atoms with van der Waals surface area (Å²) < 4.78 is 5.70. The van der Waals surface area contributed by atoms with E-state index >= 15 is 0 Å². The fourth-order valence-corrected chi connectivity index (χ4v) is 1.77. The molecule has 1 unspecified atom stereocenters. The average molecular weight is 281 g/mol. The first kappa shape index (κ1) is 14.1. The van der Waals surface area contributed by atoms with Crippen LogP contribution in [-0.2, 0) is 6.54 Å². The molecule has 0 radical (unpaired) electrons. The van der Waals surface area contributed by atoms with E-state index in [0.29, 0.717) is 17.5 Å². The van der Waals surface area contributed by atoms with Crippen LogP contribution in [0.25, 0.3) is 11.3 Å². The number of oxazole rings is 1. The average Bonchev–Trinajstić information content (AvgIpc) is 2.87. The molecule has 1 N–H and O–H groups in total. The number of aliphatic hydroxyl groups excluding tert-OH is 1. The minimum absolute atomic E-state index is 0.0749. The second-order valence-corrected chi connectivity index (χ2v) is 5.01. The first-order valence-corrected chi connectivity index (χ1v) is 6.49. The molecular formula is C14H17ClN2O2. The summed E-state index contributed by atoms with van der Waals surface area (Å²) >= 11 is 5.85. The molecular weight excluding hydrogens is 264 g/mol. The van der Waals surface area contributed by atoms with Crippen molar-refractivity contribution in [1.29, 1.82) is 0 Å². The van der Waals surface area contributed by atoms with Gasteiger partial charge >= 0.3 is 0 Å². The van der Waals surface area contributed by atoms with Gasteiger partial charge in [0.1, 0.15) is 0 Å². The van der Waals surface area contributed by atoms with E-state index in [1.165, 1.54) is 0 Å². The van der Waals surface area contributed by atoms with Gasteiger partial charge in [-0.3, -0.25) is 4.90 Å². The van der Waals surface area contributed by atoms with Crippen LogP contribution in [0.4, 0.5) is 0 Å². The van der Waals surface area contributed by atoms with Crippen LogP contribution in [0.1, 0.15) is 12.8 Å². The smallest absolute Gasteiger partial charge is 0.209 e. The standard InChI is InChI=1S/C14H17ClN2O2/c1-10(9-18)17(2)8-14-16-7-13(19-14)11-3-5-12(15)6-4-11/h3-7,10,18H,8-9H2,1-2H3. The molecule has 2 rings (SSSR count). The summed E-state index contributed by atoms with van der Waals surface area (Å²) in [5, 5.41) is 9.78. The highest BCUT2D eigenvalue weighted by Gasteiger charge is 2.12. The molecule has 0 aliphatic carbocycles. The number of nitrogens with zero attached hydrogens (tertiary/aromatic N) is 2. The van der Waals surface area contributed by atoms with Crippen molar-refractivity contribution in [2.24, 2.45) is 0 Å². The molecule has 5 heteroatoms. The summed E-state index contributed by atoms with van der Waals surface area (Å²) in [6, 6.07) is 7.50. The van der Waals surface area contributed by atoms with Crippen molar-refractivity contribution < 1.29 is 9.52 Å². The lowest BCUT2D eigenvalue weighted by atomic mass is 10.2. The molecule has 0 bridgehead atoms. The Kier molecular flexibility index (Phi) is 4.58. The summed E-state index contributed by atoms with van der Waals surface area (Å²) in [6.45, 7) is 2.62. The highest BCUT2D eigenvalue weighted by Crippen LogP contribution is 2.22. The highest BCUT2D eigenvalue weighted by molar-refractivity contribution is 6.30. The summed E-state index contributed by atoms with van der Waals surface area (Å²) in [5.41, 5.74) is 0.945. The molecule has 4 nitrogen and oxygen atoms in total. The Hall–Kier alpha value is -1.36. The van der Waals surface area contributed by atoms with Gasteiger partial charge in [0, 0.05) is 16.6 Å². The number of aromatic nitrogens is 1. The Balaban J connectivity index is 2.09. The molecule has 2 aromatic rings. The zero-order valence-corrected chi connectivity index (χ0v) is 11.8. The third kappa shape index (κ3) is 3.56. The third-order valence-electron chi connectivity index (χ3n) is 3.08. The second kappa shape index (κ2) is 6.19. The van der Waals surface area contributed by atoms with Crippen molar-refractivity contribution in [3.8, 4) is 11.3 Å². The molecule has 19 heavy (non-hydrogen) atoms. The first-order chi connectivity index (χ1) is 9.10. The predicted molar refractivity (Wildman–Crippen MR) is 75.0 cm³/mol. The van der Waals surface area contributed by atoms with Crippen molar-refractivity contribution in [2.75, 3.05) is 13.7 Å². The molecule has 1 aromatic carbocycles. The van der Waals surface area contributed by atoms with Gasteiger partial charge in [-0.2, -0.15) is 0 Å². The predicted octanol–water partition coefficient (Wildman–Crippen LogP) is 2.81. The minimum atomic E-state index is 0.0749. The molecule has 0 saturated heterocycles. The molecule has 1 atom stereocenters. The molecule has 0 amide bonds. The van der Waals surface area contributed by atoms with Crippen LogP contribution in [-0.4, -0.2) is 34.7 Å². The number of rotatable bonds is 5. The Morgan fingerprint density at radius 3 is 2.68 bits per heavy atom. The summed E-state index contributed by atoms with van der Waals surface area (Å²) in [7, 11) is 1.92. The van der Waals surface area contributed by atoms with E-state index in [1.54, 1.807) is 6.20 Å². The van der Waals surface area contributed by atoms with Gasteiger partial charge < -0.3 is 9.52 Å². The number of likely N-dealkylation sites (N-methyl/N-ethyl adjacent to an activating group) is 1. The Bertz CT molecular complexity index is 524. The molecule has 0 aliphatic heterocycles. The van der Waals surface area contributed by atoms with Crippen LogP contribution in [0.2, 0.25) is 5.02 Å². The summed E-state index contributed by atoms with van der Waals surface area (Å²) in [5.74, 6) is 1.35. The van der Waals surface area contributed by atoms with E-state index in [9.17, 15) is 0 Å². The Labute approximate surface area is 117 Å². The lowest BCUT2D eigenvalue weighted by molar-refractivity contribution is 0.145. The van der Waals surface area contributed by atoms with E-state index in [4.69, 9.17) is 21.1 Å². The van der Waals surface area contributed by atoms with Gasteiger partial charge in [-0.15, -0.1) is 0 Å². The fraction of sp³-hybridized carbons (Fsp3) is 0.357. The van der Waals surface area contributed by atoms with E-state index in [-0.39, 0.29) is 12.6 Å². The van der Waals surface area contributed by atoms with Gasteiger partial charge in [0.05, 0.1) is 19.3 Å². The van der Waals surface area contributed by atoms with Gasteiger partial charge in [-0.05, 0) is 38.2 Å². The number of benzene rings is 1. The SMILES string of the molecule is CC(CO)N(C)Cc1ncc(-c2ccc(Cl)cc2)o1. The fourth-order valence-electron chi connectivity index (χ4n) is 1.64. The van der Waals surface area contributed by atoms with Gasteiger partial charge in [0.15, 0.2) is 5.76 Å². The Morgan fingerprint density at radius 1 is 1.37 bits per heavy atom. The number of halogens is 1. The summed E-state index contributed by atoms with van der Waals surface area (Å²) in [4.78, 5) is 6.23. The maximum absolute atomic E-state index is 9.09. The molecule has 0 aliphatic rings. The van der Waals surface area contributed by atoms with E-state index in [2.05, 4.69) is 4.98 Å². The van der Waals surface area contributed by atoms with Gasteiger partial charge in [0.2, 0.25) is 5.89 Å². The number of hydrogen-bond donors (Lipinski definition) is 1. The van der Waals surface area contributed by atoms with Crippen molar-refractivity contribution in [3.63, 3.8) is 0 Å². The molecule has 0 spiro atoms. The van der Waals surface area contributed by atoms with Crippen LogP contribution >= 0.6 is 11.6 Å². The van der Waals surface area contributed by atoms with Crippen molar-refractivity contribution in [2.45, 2.75) is 19.5 Å². The normalized spacial score (nSPS) is 12.9. The molecule has 1 heterocycles. The highest BCUT2D eigenvalue weighted by atomic mass is 35.5. The largest absolute Gasteiger partial charge is 0.439 e. The zero-order chi connectivity index (χ0) is 13.8. The molecule has 0 fully saturated rings. The zero-order valence-electron chi connectivity index (χ0n) is 11.0. The van der Waals surface area contributed by atoms with Gasteiger partial charge in [-0.25, -0.2) is 4.98 Å². The van der Waals surface area contributed by atoms with Gasteiger partial charge in [-0.1, -0.05) is 11.6 Å². The quantitative estimate of drug-likeness (QED) is 0.915. The van der Waals surface area contributed by atoms with Crippen LogP contribution in [0, 0.1) is 0 Å². The van der Waals surface area contributed by atoms with Crippen LogP contribution in [0.3, 0.4) is 0 Å². The van der Waals surface area contributed by atoms with Gasteiger partial charge in [0.25, 0.3) is 0 Å². The number of hydrogen-bond acceptors (Lipinski definition) is 4. The van der Waals surface area contributed by atoms with Crippen molar-refractivity contribution >= 4 is 11.6 Å². The second-order valence-electron chi connectivity index (χ2n) is 4.57. The van der Waals surface area contributed by atoms with Crippen LogP contribution < -0.4 is 0 Å². The van der Waals surface area contributed by atoms with Crippen LogP contribution in [0.15, 0.2) is 34.9 Å². The van der Waals surface area contributed by atoms with E-state index in [1.807, 2.05) is 43.1 Å². The third-order valence-corrected chi connectivity index (χ3v) is 3.34. The molecule has 1 aromatic heterocycles. The van der Waals surface area contributed by atoms with E-state index < -0.39 is 0 Å². The maximum atomic E-state index is 9.09. The lowest BCUT2D eigenvalue weighted by Gasteiger charge is -2.20. The first-order valence-electron chi connectivity index (χ1n) is 6.12. The monoisotopic (exact) mass is 280 g/mol. The van der Waals surface area contributed by atoms with Crippen LogP contribution in [0.5, 0.6) is 0 Å². The Morgan fingerprint density at radius 2 is 2.05 bits per heavy atom. The van der Waals surface area contributed by atoms with Crippen molar-refractivity contribution in [3.05, 3.63) is 41.4 Å².